The van der Waals surface area contributed by atoms with Gasteiger partial charge < -0.3 is 19.3 Å². The van der Waals surface area contributed by atoms with Crippen molar-refractivity contribution in [1.82, 2.24) is 24.1 Å². The number of aromatic nitrogens is 4. The fraction of sp³-hybridized carbons (Fsp3) is 0.478. The van der Waals surface area contributed by atoms with Gasteiger partial charge in [-0.15, -0.1) is 5.10 Å². The summed E-state index contributed by atoms with van der Waals surface area (Å²) in [6.07, 6.45) is 6.49. The van der Waals surface area contributed by atoms with Gasteiger partial charge in [-0.2, -0.15) is 0 Å². The van der Waals surface area contributed by atoms with Gasteiger partial charge in [-0.3, -0.25) is 9.20 Å². The molecule has 0 atom stereocenters. The molecule has 3 aromatic heterocycles. The fourth-order valence-corrected chi connectivity index (χ4v) is 5.05. The number of hydrogen-bond acceptors (Lipinski definition) is 7. The minimum atomic E-state index is -0.159. The van der Waals surface area contributed by atoms with E-state index in [0.717, 1.165) is 31.5 Å². The molecular weight excluding hydrogens is 424 g/mol. The lowest BCUT2D eigenvalue weighted by Gasteiger charge is -2.52. The van der Waals surface area contributed by atoms with Crippen LogP contribution in [-0.2, 0) is 11.3 Å². The van der Waals surface area contributed by atoms with Gasteiger partial charge in [0.15, 0.2) is 17.2 Å². The largest absolute Gasteiger partial charge is 0.488 e. The van der Waals surface area contributed by atoms with Crippen molar-refractivity contribution in [2.24, 2.45) is 0 Å². The quantitative estimate of drug-likeness (QED) is 0.601. The summed E-state index contributed by atoms with van der Waals surface area (Å²) in [5.74, 6) is 1.22. The number of hydrogen-bond donors (Lipinski definition) is 0. The highest BCUT2D eigenvalue weighted by Gasteiger charge is 2.47. The second-order valence-electron chi connectivity index (χ2n) is 8.89. The number of pyridine rings is 2. The first-order chi connectivity index (χ1) is 16.1. The van der Waals surface area contributed by atoms with Crippen molar-refractivity contribution in [2.45, 2.75) is 38.3 Å². The summed E-state index contributed by atoms with van der Waals surface area (Å²) in [4.78, 5) is 34.3. The lowest BCUT2D eigenvalue weighted by Crippen LogP contribution is -2.65. The number of nitrogens with zero attached hydrogens (tertiary/aromatic N) is 6. The molecule has 1 amide bonds. The molecule has 3 aromatic rings. The number of fused-ring (bicyclic) bond motifs is 2. The summed E-state index contributed by atoms with van der Waals surface area (Å²) < 4.78 is 14.3. The molecule has 10 nitrogen and oxygen atoms in total. The van der Waals surface area contributed by atoms with Gasteiger partial charge in [0, 0.05) is 37.2 Å². The lowest BCUT2D eigenvalue weighted by atomic mass is 9.84. The molecule has 2 fully saturated rings. The van der Waals surface area contributed by atoms with E-state index in [2.05, 4.69) is 10.1 Å². The van der Waals surface area contributed by atoms with Gasteiger partial charge >= 0.3 is 5.69 Å². The molecule has 0 bridgehead atoms. The van der Waals surface area contributed by atoms with Crippen LogP contribution in [0.1, 0.15) is 36.5 Å². The Hall–Kier alpha value is -3.40. The van der Waals surface area contributed by atoms with Crippen LogP contribution in [0, 0.1) is 0 Å². The number of rotatable bonds is 3. The van der Waals surface area contributed by atoms with E-state index in [4.69, 9.17) is 9.47 Å². The number of piperidine rings is 1. The van der Waals surface area contributed by atoms with E-state index in [1.807, 2.05) is 28.9 Å². The van der Waals surface area contributed by atoms with Crippen molar-refractivity contribution in [2.75, 3.05) is 37.8 Å². The number of likely N-dealkylation sites (tertiary alicyclic amines) is 1. The van der Waals surface area contributed by atoms with Crippen LogP contribution in [0.4, 0.5) is 11.5 Å². The molecule has 0 N–H and O–H groups in total. The van der Waals surface area contributed by atoms with Crippen molar-refractivity contribution in [1.29, 1.82) is 0 Å². The maximum absolute atomic E-state index is 13.4. The number of ether oxygens (including phenoxy) is 2. The van der Waals surface area contributed by atoms with Crippen LogP contribution in [0.3, 0.4) is 0 Å². The Labute approximate surface area is 190 Å². The summed E-state index contributed by atoms with van der Waals surface area (Å²) >= 11 is 0. The maximum atomic E-state index is 13.4. The minimum absolute atomic E-state index is 0.0140. The van der Waals surface area contributed by atoms with Gasteiger partial charge in [0.05, 0.1) is 30.9 Å². The number of amides is 1. The molecular formula is C23H26N6O4. The summed E-state index contributed by atoms with van der Waals surface area (Å²) in [5, 5.41) is 4.39. The molecule has 172 valence electrons. The molecule has 3 aliphatic heterocycles. The van der Waals surface area contributed by atoms with E-state index in [1.165, 1.54) is 9.08 Å². The fourth-order valence-electron chi connectivity index (χ4n) is 5.05. The average Bonchev–Trinajstić information content (AvgIpc) is 3.16. The molecule has 0 unspecified atom stereocenters. The van der Waals surface area contributed by atoms with Crippen molar-refractivity contribution in [3.63, 3.8) is 0 Å². The minimum Gasteiger partial charge on any atom is -0.488 e. The predicted molar refractivity (Wildman–Crippen MR) is 120 cm³/mol. The van der Waals surface area contributed by atoms with Crippen molar-refractivity contribution in [3.8, 4) is 5.75 Å². The molecule has 0 aromatic carbocycles. The number of carbonyl (C=O) groups is 1. The van der Waals surface area contributed by atoms with E-state index in [0.29, 0.717) is 55.7 Å². The van der Waals surface area contributed by atoms with E-state index in [9.17, 15) is 9.59 Å². The van der Waals surface area contributed by atoms with Gasteiger partial charge in [-0.1, -0.05) is 0 Å². The molecule has 0 aliphatic carbocycles. The molecule has 0 radical (unpaired) electrons. The molecule has 6 rings (SSSR count). The maximum Gasteiger partial charge on any atom is 0.350 e. The molecule has 2 saturated heterocycles. The Kier molecular flexibility index (Phi) is 4.65. The van der Waals surface area contributed by atoms with Crippen LogP contribution < -0.4 is 15.3 Å². The summed E-state index contributed by atoms with van der Waals surface area (Å²) in [7, 11) is 0. The lowest BCUT2D eigenvalue weighted by molar-refractivity contribution is -0.139. The zero-order chi connectivity index (χ0) is 22.6. The Morgan fingerprint density at radius 2 is 2.09 bits per heavy atom. The monoisotopic (exact) mass is 450 g/mol. The number of anilines is 2. The van der Waals surface area contributed by atoms with Crippen molar-refractivity contribution >= 4 is 23.1 Å². The molecule has 0 saturated carbocycles. The SMILES string of the molecule is CCn1nc2cc(N3CCOc4cc(C(=O)N5CCCCC56COC6)cnc43)ccn2c1=O. The van der Waals surface area contributed by atoms with Gasteiger partial charge in [-0.25, -0.2) is 14.5 Å². The third-order valence-electron chi connectivity index (χ3n) is 6.92. The highest BCUT2D eigenvalue weighted by molar-refractivity contribution is 5.95. The Morgan fingerprint density at radius 1 is 1.21 bits per heavy atom. The first kappa shape index (κ1) is 20.2. The first-order valence-corrected chi connectivity index (χ1v) is 11.5. The third-order valence-corrected chi connectivity index (χ3v) is 6.92. The van der Waals surface area contributed by atoms with Crippen LogP contribution in [0.15, 0.2) is 35.4 Å². The zero-order valence-electron chi connectivity index (χ0n) is 18.6. The summed E-state index contributed by atoms with van der Waals surface area (Å²) in [6, 6.07) is 5.55. The second kappa shape index (κ2) is 7.58. The van der Waals surface area contributed by atoms with Crippen LogP contribution in [0.25, 0.3) is 5.65 Å². The zero-order valence-corrected chi connectivity index (χ0v) is 18.6. The van der Waals surface area contributed by atoms with Gasteiger partial charge in [0.2, 0.25) is 0 Å². The predicted octanol–water partition coefficient (Wildman–Crippen LogP) is 1.84. The van der Waals surface area contributed by atoms with Crippen LogP contribution in [-0.4, -0.2) is 68.4 Å². The smallest absolute Gasteiger partial charge is 0.350 e. The van der Waals surface area contributed by atoms with Crippen LogP contribution >= 0.6 is 0 Å². The molecule has 6 heterocycles. The Balaban J connectivity index is 1.32. The number of aryl methyl sites for hydroxylation is 1. The first-order valence-electron chi connectivity index (χ1n) is 11.5. The number of carbonyl (C=O) groups excluding carboxylic acids is 1. The average molecular weight is 450 g/mol. The summed E-state index contributed by atoms with van der Waals surface area (Å²) in [5.41, 5.74) is 1.67. The van der Waals surface area contributed by atoms with E-state index >= 15 is 0 Å². The topological polar surface area (TPSA) is 94.2 Å². The summed E-state index contributed by atoms with van der Waals surface area (Å²) in [6.45, 7) is 5.44. The van der Waals surface area contributed by atoms with Gasteiger partial charge in [0.1, 0.15) is 6.61 Å². The Morgan fingerprint density at radius 3 is 2.88 bits per heavy atom. The normalized spacial score (nSPS) is 19.3. The second-order valence-corrected chi connectivity index (χ2v) is 8.89. The molecule has 33 heavy (non-hydrogen) atoms. The highest BCUT2D eigenvalue weighted by atomic mass is 16.5. The Bertz CT molecular complexity index is 1290. The van der Waals surface area contributed by atoms with Crippen LogP contribution in [0.2, 0.25) is 0 Å². The highest BCUT2D eigenvalue weighted by Crippen LogP contribution is 2.38. The van der Waals surface area contributed by atoms with Crippen LogP contribution in [0.5, 0.6) is 5.75 Å². The molecule has 10 heteroatoms. The van der Waals surface area contributed by atoms with Gasteiger partial charge in [0.25, 0.3) is 5.91 Å². The standard InChI is InChI=1S/C23H26N6O4/c1-2-29-22(31)27-8-5-17(12-19(27)25-29)26-9-10-33-18-11-16(13-24-20(18)26)21(30)28-7-4-3-6-23(28)14-32-15-23/h5,8,11-13H,2-4,6-7,9-10,14-15H2,1H3. The van der Waals surface area contributed by atoms with E-state index < -0.39 is 0 Å². The molecule has 3 aliphatic rings. The third kappa shape index (κ3) is 3.12. The van der Waals surface area contributed by atoms with Crippen molar-refractivity contribution < 1.29 is 14.3 Å². The van der Waals surface area contributed by atoms with Crippen molar-refractivity contribution in [3.05, 3.63) is 46.6 Å². The van der Waals surface area contributed by atoms with E-state index in [1.54, 1.807) is 18.5 Å². The molecule has 1 spiro atoms. The van der Waals surface area contributed by atoms with Gasteiger partial charge in [-0.05, 0) is 38.3 Å². The van der Waals surface area contributed by atoms with E-state index in [-0.39, 0.29) is 17.1 Å².